The largest absolute Gasteiger partial charge is 0.467 e. The third-order valence-electron chi connectivity index (χ3n) is 3.80. The predicted octanol–water partition coefficient (Wildman–Crippen LogP) is 2.61. The Morgan fingerprint density at radius 1 is 1.33 bits per heavy atom. The summed E-state index contributed by atoms with van der Waals surface area (Å²) in [6, 6.07) is 5.15. The molecule has 0 aliphatic heterocycles. The highest BCUT2D eigenvalue weighted by atomic mass is 32.2. The zero-order valence-corrected chi connectivity index (χ0v) is 16.1. The topological polar surface area (TPSA) is 94.3 Å². The standard InChI is InChI=1S/C18H22FN3O4S/c1-25-18(24)14(10-11-27-2)20-15(23)4-3-5-16-21-17(22-26-16)12-6-8-13(19)9-7-12/h6-9,14H,3-5,10-11H2,1-2H3,(H,20,23). The minimum Gasteiger partial charge on any atom is -0.467 e. The first-order valence-corrected chi connectivity index (χ1v) is 9.87. The van der Waals surface area contributed by atoms with Crippen molar-refractivity contribution in [3.05, 3.63) is 36.0 Å². The van der Waals surface area contributed by atoms with Crippen LogP contribution >= 0.6 is 11.8 Å². The molecule has 1 N–H and O–H groups in total. The minimum absolute atomic E-state index is 0.223. The molecule has 7 nitrogen and oxygen atoms in total. The van der Waals surface area contributed by atoms with E-state index in [1.54, 1.807) is 23.9 Å². The van der Waals surface area contributed by atoms with Crippen molar-refractivity contribution in [2.75, 3.05) is 19.1 Å². The number of amides is 1. The molecule has 0 fully saturated rings. The zero-order chi connectivity index (χ0) is 19.6. The lowest BCUT2D eigenvalue weighted by atomic mass is 10.2. The minimum atomic E-state index is -0.636. The van der Waals surface area contributed by atoms with Crippen LogP contribution in [0.4, 0.5) is 4.39 Å². The maximum Gasteiger partial charge on any atom is 0.328 e. The Hall–Kier alpha value is -2.42. The van der Waals surface area contributed by atoms with Crippen LogP contribution in [-0.2, 0) is 20.7 Å². The third kappa shape index (κ3) is 6.67. The molecule has 2 rings (SSSR count). The molecule has 0 aliphatic carbocycles. The maximum atomic E-state index is 12.9. The number of methoxy groups -OCH3 is 1. The molecular formula is C18H22FN3O4S. The average molecular weight is 395 g/mol. The van der Waals surface area contributed by atoms with Gasteiger partial charge in [-0.25, -0.2) is 9.18 Å². The molecule has 146 valence electrons. The number of halogens is 1. The Balaban J connectivity index is 1.80. The zero-order valence-electron chi connectivity index (χ0n) is 15.2. The summed E-state index contributed by atoms with van der Waals surface area (Å²) in [5.41, 5.74) is 0.652. The average Bonchev–Trinajstić information content (AvgIpc) is 3.14. The molecule has 1 heterocycles. The van der Waals surface area contributed by atoms with Crippen LogP contribution in [0, 0.1) is 5.82 Å². The van der Waals surface area contributed by atoms with Gasteiger partial charge in [-0.3, -0.25) is 4.79 Å². The number of ether oxygens (including phenoxy) is 1. The number of rotatable bonds is 10. The molecule has 0 spiro atoms. The van der Waals surface area contributed by atoms with Gasteiger partial charge in [-0.05, 0) is 49.1 Å². The molecule has 0 aliphatic rings. The Kier molecular flexibility index (Phi) is 8.25. The van der Waals surface area contributed by atoms with Crippen molar-refractivity contribution < 1.29 is 23.2 Å². The Labute approximate surface area is 161 Å². The first kappa shape index (κ1) is 20.9. The van der Waals surface area contributed by atoms with Crippen LogP contribution in [0.2, 0.25) is 0 Å². The number of hydrogen-bond donors (Lipinski definition) is 1. The summed E-state index contributed by atoms with van der Waals surface area (Å²) in [4.78, 5) is 28.0. The van der Waals surface area contributed by atoms with Crippen LogP contribution in [0.25, 0.3) is 11.4 Å². The number of benzene rings is 1. The summed E-state index contributed by atoms with van der Waals surface area (Å²) in [7, 11) is 1.30. The molecular weight excluding hydrogens is 373 g/mol. The number of carbonyl (C=O) groups is 2. The molecule has 1 unspecified atom stereocenters. The van der Waals surface area contributed by atoms with E-state index in [9.17, 15) is 14.0 Å². The predicted molar refractivity (Wildman–Crippen MR) is 99.6 cm³/mol. The van der Waals surface area contributed by atoms with Crippen molar-refractivity contribution in [2.24, 2.45) is 0 Å². The van der Waals surface area contributed by atoms with Gasteiger partial charge in [0.1, 0.15) is 11.9 Å². The highest BCUT2D eigenvalue weighted by molar-refractivity contribution is 7.98. The van der Waals surface area contributed by atoms with Crippen LogP contribution in [0.15, 0.2) is 28.8 Å². The van der Waals surface area contributed by atoms with Crippen molar-refractivity contribution in [2.45, 2.75) is 31.7 Å². The third-order valence-corrected chi connectivity index (χ3v) is 4.44. The summed E-state index contributed by atoms with van der Waals surface area (Å²) >= 11 is 1.59. The van der Waals surface area contributed by atoms with Gasteiger partial charge in [0.15, 0.2) is 0 Å². The molecule has 27 heavy (non-hydrogen) atoms. The second-order valence-corrected chi connectivity index (χ2v) is 6.78. The second-order valence-electron chi connectivity index (χ2n) is 5.80. The normalized spacial score (nSPS) is 11.8. The summed E-state index contributed by atoms with van der Waals surface area (Å²) in [5.74, 6) is 0.499. The van der Waals surface area contributed by atoms with E-state index < -0.39 is 12.0 Å². The van der Waals surface area contributed by atoms with E-state index in [1.165, 1.54) is 19.2 Å². The fraction of sp³-hybridized carbons (Fsp3) is 0.444. The summed E-state index contributed by atoms with van der Waals surface area (Å²) < 4.78 is 22.8. The fourth-order valence-electron chi connectivity index (χ4n) is 2.37. The van der Waals surface area contributed by atoms with Crippen molar-refractivity contribution in [1.29, 1.82) is 0 Å². The SMILES string of the molecule is COC(=O)C(CCSC)NC(=O)CCCc1nc(-c2ccc(F)cc2)no1. The van der Waals surface area contributed by atoms with E-state index in [4.69, 9.17) is 9.26 Å². The number of esters is 1. The van der Waals surface area contributed by atoms with Gasteiger partial charge in [-0.1, -0.05) is 5.16 Å². The molecule has 9 heteroatoms. The molecule has 2 aromatic rings. The summed E-state index contributed by atoms with van der Waals surface area (Å²) in [6.45, 7) is 0. The van der Waals surface area contributed by atoms with Gasteiger partial charge < -0.3 is 14.6 Å². The lowest BCUT2D eigenvalue weighted by Gasteiger charge is -2.15. The van der Waals surface area contributed by atoms with Crippen LogP contribution < -0.4 is 5.32 Å². The molecule has 1 atom stereocenters. The number of nitrogens with zero attached hydrogens (tertiary/aromatic N) is 2. The number of hydrogen-bond acceptors (Lipinski definition) is 7. The molecule has 0 radical (unpaired) electrons. The van der Waals surface area contributed by atoms with Gasteiger partial charge in [-0.15, -0.1) is 0 Å². The molecule has 0 bridgehead atoms. The van der Waals surface area contributed by atoms with Gasteiger partial charge in [0.25, 0.3) is 0 Å². The molecule has 1 aromatic heterocycles. The van der Waals surface area contributed by atoms with Gasteiger partial charge in [0.05, 0.1) is 7.11 Å². The second kappa shape index (κ2) is 10.7. The fourth-order valence-corrected chi connectivity index (χ4v) is 2.84. The van der Waals surface area contributed by atoms with E-state index in [0.717, 1.165) is 5.75 Å². The van der Waals surface area contributed by atoms with Crippen molar-refractivity contribution in [3.63, 3.8) is 0 Å². The molecule has 0 saturated heterocycles. The molecule has 1 aromatic carbocycles. The van der Waals surface area contributed by atoms with Crippen molar-refractivity contribution in [1.82, 2.24) is 15.5 Å². The van der Waals surface area contributed by atoms with Gasteiger partial charge >= 0.3 is 5.97 Å². The maximum absolute atomic E-state index is 12.9. The highest BCUT2D eigenvalue weighted by Crippen LogP contribution is 2.16. The smallest absolute Gasteiger partial charge is 0.328 e. The lowest BCUT2D eigenvalue weighted by molar-refractivity contribution is -0.145. The van der Waals surface area contributed by atoms with E-state index in [-0.39, 0.29) is 18.1 Å². The number of nitrogens with one attached hydrogen (secondary N) is 1. The Morgan fingerprint density at radius 3 is 2.74 bits per heavy atom. The summed E-state index contributed by atoms with van der Waals surface area (Å²) in [5, 5.41) is 6.55. The summed E-state index contributed by atoms with van der Waals surface area (Å²) in [6.07, 6.45) is 3.59. The monoisotopic (exact) mass is 395 g/mol. The number of aryl methyl sites for hydroxylation is 1. The lowest BCUT2D eigenvalue weighted by Crippen LogP contribution is -2.41. The molecule has 0 saturated carbocycles. The molecule has 1 amide bonds. The van der Waals surface area contributed by atoms with Crippen LogP contribution in [0.5, 0.6) is 0 Å². The van der Waals surface area contributed by atoms with Gasteiger partial charge in [0, 0.05) is 18.4 Å². The number of carbonyl (C=O) groups excluding carboxylic acids is 2. The van der Waals surface area contributed by atoms with E-state index in [1.807, 2.05) is 6.26 Å². The Bertz CT molecular complexity index is 751. The number of thioether (sulfide) groups is 1. The van der Waals surface area contributed by atoms with E-state index in [0.29, 0.717) is 36.5 Å². The quantitative estimate of drug-likeness (QED) is 0.618. The number of aromatic nitrogens is 2. The van der Waals surface area contributed by atoms with Crippen LogP contribution in [-0.4, -0.2) is 47.2 Å². The first-order chi connectivity index (χ1) is 13.0. The Morgan fingerprint density at radius 2 is 2.07 bits per heavy atom. The highest BCUT2D eigenvalue weighted by Gasteiger charge is 2.20. The van der Waals surface area contributed by atoms with Gasteiger partial charge in [-0.2, -0.15) is 16.7 Å². The van der Waals surface area contributed by atoms with Crippen LogP contribution in [0.3, 0.4) is 0 Å². The van der Waals surface area contributed by atoms with Crippen LogP contribution in [0.1, 0.15) is 25.2 Å². The van der Waals surface area contributed by atoms with Gasteiger partial charge in [0.2, 0.25) is 17.6 Å². The van der Waals surface area contributed by atoms with E-state index >= 15 is 0 Å². The van der Waals surface area contributed by atoms with E-state index in [2.05, 4.69) is 15.5 Å². The first-order valence-electron chi connectivity index (χ1n) is 8.48. The van der Waals surface area contributed by atoms with Crippen molar-refractivity contribution in [3.8, 4) is 11.4 Å². The van der Waals surface area contributed by atoms with Crippen molar-refractivity contribution >= 4 is 23.6 Å².